The number of ether oxygens (including phenoxy) is 2. The monoisotopic (exact) mass is 272 g/mol. The Labute approximate surface area is 114 Å². The van der Waals surface area contributed by atoms with Crippen molar-refractivity contribution in [3.63, 3.8) is 0 Å². The van der Waals surface area contributed by atoms with E-state index in [4.69, 9.17) is 9.47 Å². The van der Waals surface area contributed by atoms with E-state index in [9.17, 15) is 9.59 Å². The summed E-state index contributed by atoms with van der Waals surface area (Å²) in [6, 6.07) is -0.771. The van der Waals surface area contributed by atoms with Crippen LogP contribution in [0.15, 0.2) is 0 Å². The van der Waals surface area contributed by atoms with E-state index >= 15 is 0 Å². The first-order valence-electron chi connectivity index (χ1n) is 6.79. The van der Waals surface area contributed by atoms with E-state index in [-0.39, 0.29) is 17.9 Å². The van der Waals surface area contributed by atoms with E-state index in [0.717, 1.165) is 6.42 Å². The quantitative estimate of drug-likeness (QED) is 0.639. The Morgan fingerprint density at radius 3 is 2.63 bits per heavy atom. The van der Waals surface area contributed by atoms with Gasteiger partial charge in [0.15, 0.2) is 0 Å². The number of piperazine rings is 1. The second-order valence-electron chi connectivity index (χ2n) is 4.64. The van der Waals surface area contributed by atoms with Crippen LogP contribution >= 0.6 is 0 Å². The molecule has 1 rings (SSSR count). The van der Waals surface area contributed by atoms with Crippen LogP contribution in [0.2, 0.25) is 0 Å². The SMILES string of the molecule is CCC1C(=O)NC(C)C(=O)N1CCCOCCOC. The van der Waals surface area contributed by atoms with Crippen LogP contribution in [0.25, 0.3) is 0 Å². The number of carbonyl (C=O) groups excluding carboxylic acids is 2. The maximum absolute atomic E-state index is 12.1. The van der Waals surface area contributed by atoms with Crippen LogP contribution < -0.4 is 5.32 Å². The van der Waals surface area contributed by atoms with Gasteiger partial charge in [0, 0.05) is 20.3 Å². The zero-order valence-corrected chi connectivity index (χ0v) is 12.0. The first kappa shape index (κ1) is 15.9. The smallest absolute Gasteiger partial charge is 0.245 e. The summed E-state index contributed by atoms with van der Waals surface area (Å²) in [4.78, 5) is 25.5. The normalized spacial score (nSPS) is 23.6. The van der Waals surface area contributed by atoms with Crippen molar-refractivity contribution in [1.82, 2.24) is 10.2 Å². The van der Waals surface area contributed by atoms with E-state index in [1.54, 1.807) is 18.9 Å². The van der Waals surface area contributed by atoms with Gasteiger partial charge in [0.1, 0.15) is 12.1 Å². The fraction of sp³-hybridized carbons (Fsp3) is 0.846. The maximum Gasteiger partial charge on any atom is 0.245 e. The van der Waals surface area contributed by atoms with Crippen molar-refractivity contribution in [2.75, 3.05) is 33.5 Å². The number of nitrogens with one attached hydrogen (secondary N) is 1. The number of rotatable bonds is 8. The molecule has 1 aliphatic heterocycles. The van der Waals surface area contributed by atoms with Gasteiger partial charge in [-0.25, -0.2) is 0 Å². The molecule has 2 unspecified atom stereocenters. The van der Waals surface area contributed by atoms with Crippen molar-refractivity contribution >= 4 is 11.8 Å². The topological polar surface area (TPSA) is 67.9 Å². The minimum Gasteiger partial charge on any atom is -0.382 e. The van der Waals surface area contributed by atoms with Crippen molar-refractivity contribution in [2.24, 2.45) is 0 Å². The zero-order valence-electron chi connectivity index (χ0n) is 12.0. The van der Waals surface area contributed by atoms with Gasteiger partial charge in [0.05, 0.1) is 13.2 Å². The Morgan fingerprint density at radius 2 is 2.00 bits per heavy atom. The maximum atomic E-state index is 12.1. The van der Waals surface area contributed by atoms with Crippen LogP contribution in [-0.2, 0) is 19.1 Å². The number of hydrogen-bond donors (Lipinski definition) is 1. The second kappa shape index (κ2) is 8.12. The second-order valence-corrected chi connectivity index (χ2v) is 4.64. The molecular formula is C13H24N2O4. The Bertz CT molecular complexity index is 309. The highest BCUT2D eigenvalue weighted by atomic mass is 16.5. The van der Waals surface area contributed by atoms with E-state index < -0.39 is 6.04 Å². The highest BCUT2D eigenvalue weighted by Gasteiger charge is 2.36. The molecule has 0 saturated carbocycles. The van der Waals surface area contributed by atoms with Gasteiger partial charge in [-0.3, -0.25) is 9.59 Å². The Balaban J connectivity index is 2.39. The lowest BCUT2D eigenvalue weighted by Crippen LogP contribution is -2.62. The molecule has 0 bridgehead atoms. The Kier molecular flexibility index (Phi) is 6.80. The first-order chi connectivity index (χ1) is 9.11. The van der Waals surface area contributed by atoms with Gasteiger partial charge in [-0.2, -0.15) is 0 Å². The molecule has 0 aromatic heterocycles. The molecule has 110 valence electrons. The van der Waals surface area contributed by atoms with Crippen LogP contribution in [-0.4, -0.2) is 62.3 Å². The average Bonchev–Trinajstić information content (AvgIpc) is 2.39. The molecule has 19 heavy (non-hydrogen) atoms. The zero-order chi connectivity index (χ0) is 14.3. The average molecular weight is 272 g/mol. The summed E-state index contributed by atoms with van der Waals surface area (Å²) in [6.07, 6.45) is 1.36. The van der Waals surface area contributed by atoms with E-state index in [2.05, 4.69) is 5.32 Å². The molecule has 6 nitrogen and oxygen atoms in total. The predicted octanol–water partition coefficient (Wildman–Crippen LogP) is 0.165. The van der Waals surface area contributed by atoms with Crippen molar-refractivity contribution in [3.8, 4) is 0 Å². The number of methoxy groups -OCH3 is 1. The van der Waals surface area contributed by atoms with E-state index in [1.165, 1.54) is 0 Å². The lowest BCUT2D eigenvalue weighted by atomic mass is 10.1. The standard InChI is InChI=1S/C13H24N2O4/c1-4-11-12(16)14-10(2)13(17)15(11)6-5-7-19-9-8-18-3/h10-11H,4-9H2,1-3H3,(H,14,16). The highest BCUT2D eigenvalue weighted by Crippen LogP contribution is 2.13. The molecule has 0 radical (unpaired) electrons. The molecular weight excluding hydrogens is 248 g/mol. The van der Waals surface area contributed by atoms with Crippen molar-refractivity contribution in [2.45, 2.75) is 38.8 Å². The molecule has 2 atom stereocenters. The summed E-state index contributed by atoms with van der Waals surface area (Å²) >= 11 is 0. The van der Waals surface area contributed by atoms with Crippen LogP contribution in [0.3, 0.4) is 0 Å². The minimum absolute atomic E-state index is 0.0108. The van der Waals surface area contributed by atoms with Crippen molar-refractivity contribution in [1.29, 1.82) is 0 Å². The number of hydrogen-bond acceptors (Lipinski definition) is 4. The Morgan fingerprint density at radius 1 is 1.26 bits per heavy atom. The van der Waals surface area contributed by atoms with Gasteiger partial charge >= 0.3 is 0 Å². The van der Waals surface area contributed by atoms with Gasteiger partial charge in [-0.1, -0.05) is 6.92 Å². The summed E-state index contributed by atoms with van der Waals surface area (Å²) in [7, 11) is 1.63. The van der Waals surface area contributed by atoms with Gasteiger partial charge in [-0.05, 0) is 19.8 Å². The fourth-order valence-electron chi connectivity index (χ4n) is 2.17. The van der Waals surface area contributed by atoms with E-state index in [1.807, 2.05) is 6.92 Å². The van der Waals surface area contributed by atoms with Gasteiger partial charge in [0.25, 0.3) is 0 Å². The number of carbonyl (C=O) groups is 2. The third kappa shape index (κ3) is 4.47. The van der Waals surface area contributed by atoms with E-state index in [0.29, 0.717) is 32.8 Å². The molecule has 1 N–H and O–H groups in total. The molecule has 0 aromatic carbocycles. The van der Waals surface area contributed by atoms with Crippen LogP contribution in [0.5, 0.6) is 0 Å². The largest absolute Gasteiger partial charge is 0.382 e. The molecule has 1 fully saturated rings. The molecule has 0 aromatic rings. The minimum atomic E-state index is -0.426. The fourth-order valence-corrected chi connectivity index (χ4v) is 2.17. The number of amides is 2. The van der Waals surface area contributed by atoms with Gasteiger partial charge < -0.3 is 19.7 Å². The summed E-state index contributed by atoms with van der Waals surface area (Å²) in [5, 5.41) is 2.70. The predicted molar refractivity (Wildman–Crippen MR) is 70.7 cm³/mol. The lowest BCUT2D eigenvalue weighted by Gasteiger charge is -2.37. The van der Waals surface area contributed by atoms with Crippen molar-refractivity contribution in [3.05, 3.63) is 0 Å². The summed E-state index contributed by atoms with van der Waals surface area (Å²) in [6.45, 7) is 5.88. The summed E-state index contributed by atoms with van der Waals surface area (Å²) < 4.78 is 10.2. The molecule has 0 aliphatic carbocycles. The Hall–Kier alpha value is -1.14. The van der Waals surface area contributed by atoms with Crippen molar-refractivity contribution < 1.29 is 19.1 Å². The van der Waals surface area contributed by atoms with Crippen LogP contribution in [0.4, 0.5) is 0 Å². The lowest BCUT2D eigenvalue weighted by molar-refractivity contribution is -0.149. The molecule has 1 heterocycles. The first-order valence-corrected chi connectivity index (χ1v) is 6.79. The molecule has 0 spiro atoms. The van der Waals surface area contributed by atoms with Crippen LogP contribution in [0, 0.1) is 0 Å². The van der Waals surface area contributed by atoms with Crippen LogP contribution in [0.1, 0.15) is 26.7 Å². The molecule has 6 heteroatoms. The summed E-state index contributed by atoms with van der Waals surface area (Å²) in [5.41, 5.74) is 0. The molecule has 2 amide bonds. The molecule has 1 saturated heterocycles. The molecule has 1 aliphatic rings. The van der Waals surface area contributed by atoms with Gasteiger partial charge in [-0.15, -0.1) is 0 Å². The third-order valence-corrected chi connectivity index (χ3v) is 3.20. The van der Waals surface area contributed by atoms with Gasteiger partial charge in [0.2, 0.25) is 11.8 Å². The highest BCUT2D eigenvalue weighted by molar-refractivity contribution is 5.96. The number of nitrogens with zero attached hydrogens (tertiary/aromatic N) is 1. The summed E-state index contributed by atoms with van der Waals surface area (Å²) in [5.74, 6) is -0.0711. The third-order valence-electron chi connectivity index (χ3n) is 3.20.